The molecule has 1 aromatic heterocycles. The third kappa shape index (κ3) is 4.01. The van der Waals surface area contributed by atoms with Crippen molar-refractivity contribution in [1.82, 2.24) is 9.78 Å². The van der Waals surface area contributed by atoms with Crippen molar-refractivity contribution in [2.45, 2.75) is 71.3 Å². The van der Waals surface area contributed by atoms with Crippen molar-refractivity contribution in [3.63, 3.8) is 0 Å². The van der Waals surface area contributed by atoms with Gasteiger partial charge in [0.1, 0.15) is 0 Å². The number of aliphatic hydroxyl groups excluding tert-OH is 1. The first kappa shape index (κ1) is 16.8. The van der Waals surface area contributed by atoms with Crippen LogP contribution in [0.3, 0.4) is 0 Å². The maximum Gasteiger partial charge on any atom is 0.0850 e. The largest absolute Gasteiger partial charge is 0.392 e. The lowest BCUT2D eigenvalue weighted by atomic mass is 9.77. The third-order valence-corrected chi connectivity index (χ3v) is 5.47. The SMILES string of the molecule is CCCC1CCC(C(O)Cc2c(Cl)c(CC)nn2C)CC1. The van der Waals surface area contributed by atoms with Gasteiger partial charge in [0.2, 0.25) is 0 Å². The van der Waals surface area contributed by atoms with Gasteiger partial charge in [-0.3, -0.25) is 4.68 Å². The average Bonchev–Trinajstić information content (AvgIpc) is 2.75. The summed E-state index contributed by atoms with van der Waals surface area (Å²) >= 11 is 6.38. The summed E-state index contributed by atoms with van der Waals surface area (Å²) < 4.78 is 1.84. The molecule has 0 radical (unpaired) electrons. The molecule has 4 heteroatoms. The second-order valence-electron chi connectivity index (χ2n) is 6.53. The van der Waals surface area contributed by atoms with Crippen molar-refractivity contribution in [3.8, 4) is 0 Å². The van der Waals surface area contributed by atoms with E-state index in [1.165, 1.54) is 25.7 Å². The van der Waals surface area contributed by atoms with Crippen molar-refractivity contribution in [2.24, 2.45) is 18.9 Å². The van der Waals surface area contributed by atoms with Gasteiger partial charge >= 0.3 is 0 Å². The van der Waals surface area contributed by atoms with Crippen LogP contribution in [0.2, 0.25) is 5.02 Å². The molecule has 1 unspecified atom stereocenters. The lowest BCUT2D eigenvalue weighted by Gasteiger charge is -2.31. The molecule has 1 atom stereocenters. The van der Waals surface area contributed by atoms with Crippen molar-refractivity contribution < 1.29 is 5.11 Å². The highest BCUT2D eigenvalue weighted by atomic mass is 35.5. The van der Waals surface area contributed by atoms with Crippen LogP contribution in [-0.4, -0.2) is 21.0 Å². The van der Waals surface area contributed by atoms with Crippen LogP contribution in [0.15, 0.2) is 0 Å². The van der Waals surface area contributed by atoms with E-state index >= 15 is 0 Å². The normalized spacial score (nSPS) is 24.2. The Balaban J connectivity index is 1.93. The standard InChI is InChI=1S/C17H29ClN2O/c1-4-6-12-7-9-13(10-8-12)16(21)11-15-17(18)14(5-2)19-20(15)3/h12-13,16,21H,4-11H2,1-3H3. The summed E-state index contributed by atoms with van der Waals surface area (Å²) in [6, 6.07) is 0. The van der Waals surface area contributed by atoms with E-state index in [1.54, 1.807) is 0 Å². The van der Waals surface area contributed by atoms with Gasteiger partial charge in [0, 0.05) is 13.5 Å². The minimum absolute atomic E-state index is 0.287. The van der Waals surface area contributed by atoms with Gasteiger partial charge < -0.3 is 5.11 Å². The maximum absolute atomic E-state index is 10.6. The number of hydrogen-bond acceptors (Lipinski definition) is 2. The lowest BCUT2D eigenvalue weighted by Crippen LogP contribution is -2.28. The highest BCUT2D eigenvalue weighted by Crippen LogP contribution is 2.34. The van der Waals surface area contributed by atoms with Gasteiger partial charge in [-0.2, -0.15) is 5.10 Å². The van der Waals surface area contributed by atoms with Crippen LogP contribution >= 0.6 is 11.6 Å². The highest BCUT2D eigenvalue weighted by molar-refractivity contribution is 6.31. The average molecular weight is 313 g/mol. The van der Waals surface area contributed by atoms with E-state index in [-0.39, 0.29) is 6.10 Å². The van der Waals surface area contributed by atoms with Crippen molar-refractivity contribution in [3.05, 3.63) is 16.4 Å². The molecule has 0 aliphatic heterocycles. The Labute approximate surface area is 133 Å². The molecular formula is C17H29ClN2O. The van der Waals surface area contributed by atoms with Crippen LogP contribution < -0.4 is 0 Å². The van der Waals surface area contributed by atoms with E-state index < -0.39 is 0 Å². The van der Waals surface area contributed by atoms with E-state index in [1.807, 2.05) is 11.7 Å². The summed E-state index contributed by atoms with van der Waals surface area (Å²) in [6.07, 6.45) is 8.66. The van der Waals surface area contributed by atoms with Crippen molar-refractivity contribution in [1.29, 1.82) is 0 Å². The van der Waals surface area contributed by atoms with Gasteiger partial charge in [0.05, 0.1) is 22.5 Å². The van der Waals surface area contributed by atoms with Crippen LogP contribution in [0.25, 0.3) is 0 Å². The Morgan fingerprint density at radius 1 is 1.29 bits per heavy atom. The fraction of sp³-hybridized carbons (Fsp3) is 0.824. The Hall–Kier alpha value is -0.540. The van der Waals surface area contributed by atoms with E-state index in [0.717, 1.165) is 41.6 Å². The van der Waals surface area contributed by atoms with Crippen molar-refractivity contribution in [2.75, 3.05) is 0 Å². The first-order valence-electron chi connectivity index (χ1n) is 8.45. The summed E-state index contributed by atoms with van der Waals surface area (Å²) in [5.74, 6) is 1.31. The summed E-state index contributed by atoms with van der Waals surface area (Å²) in [4.78, 5) is 0. The monoisotopic (exact) mass is 312 g/mol. The molecule has 1 saturated carbocycles. The maximum atomic E-state index is 10.6. The number of halogens is 1. The molecule has 0 bridgehead atoms. The smallest absolute Gasteiger partial charge is 0.0850 e. The predicted molar refractivity (Wildman–Crippen MR) is 87.7 cm³/mol. The molecule has 1 aliphatic rings. The van der Waals surface area contributed by atoms with E-state index in [0.29, 0.717) is 12.3 Å². The molecule has 1 aromatic rings. The molecule has 0 saturated heterocycles. The van der Waals surface area contributed by atoms with Gasteiger partial charge in [-0.25, -0.2) is 0 Å². The van der Waals surface area contributed by atoms with Gasteiger partial charge in [-0.1, -0.05) is 51.1 Å². The second-order valence-corrected chi connectivity index (χ2v) is 6.90. The fourth-order valence-corrected chi connectivity index (χ4v) is 4.05. The molecule has 2 rings (SSSR count). The molecule has 0 amide bonds. The first-order valence-corrected chi connectivity index (χ1v) is 8.82. The molecular weight excluding hydrogens is 284 g/mol. The van der Waals surface area contributed by atoms with Crippen LogP contribution in [-0.2, 0) is 19.9 Å². The number of rotatable bonds is 6. The second kappa shape index (κ2) is 7.64. The number of aryl methyl sites for hydroxylation is 2. The minimum Gasteiger partial charge on any atom is -0.392 e. The minimum atomic E-state index is -0.287. The lowest BCUT2D eigenvalue weighted by molar-refractivity contribution is 0.0714. The van der Waals surface area contributed by atoms with Gasteiger partial charge in [0.15, 0.2) is 0 Å². The van der Waals surface area contributed by atoms with Gasteiger partial charge in [-0.15, -0.1) is 0 Å². The zero-order valence-electron chi connectivity index (χ0n) is 13.6. The molecule has 1 N–H and O–H groups in total. The van der Waals surface area contributed by atoms with E-state index in [9.17, 15) is 5.11 Å². The molecule has 0 spiro atoms. The molecule has 21 heavy (non-hydrogen) atoms. The summed E-state index contributed by atoms with van der Waals surface area (Å²) in [5, 5.41) is 15.8. The van der Waals surface area contributed by atoms with Gasteiger partial charge in [0.25, 0.3) is 0 Å². The molecule has 1 fully saturated rings. The van der Waals surface area contributed by atoms with Crippen molar-refractivity contribution >= 4 is 11.6 Å². The Morgan fingerprint density at radius 3 is 2.48 bits per heavy atom. The summed E-state index contributed by atoms with van der Waals surface area (Å²) in [7, 11) is 1.92. The third-order valence-electron chi connectivity index (χ3n) is 5.04. The molecule has 120 valence electrons. The quantitative estimate of drug-likeness (QED) is 0.857. The fourth-order valence-electron chi connectivity index (χ4n) is 3.68. The van der Waals surface area contributed by atoms with Crippen LogP contribution in [0, 0.1) is 11.8 Å². The number of hydrogen-bond donors (Lipinski definition) is 1. The molecule has 1 heterocycles. The first-order chi connectivity index (χ1) is 10.1. The van der Waals surface area contributed by atoms with Gasteiger partial charge in [-0.05, 0) is 31.1 Å². The van der Waals surface area contributed by atoms with E-state index in [2.05, 4.69) is 18.9 Å². The Morgan fingerprint density at radius 2 is 1.95 bits per heavy atom. The molecule has 1 aliphatic carbocycles. The number of nitrogens with zero attached hydrogens (tertiary/aromatic N) is 2. The van der Waals surface area contributed by atoms with Crippen LogP contribution in [0.1, 0.15) is 63.8 Å². The molecule has 0 aromatic carbocycles. The Bertz CT molecular complexity index is 450. The number of aromatic nitrogens is 2. The topological polar surface area (TPSA) is 38.1 Å². The Kier molecular flexibility index (Phi) is 6.12. The van der Waals surface area contributed by atoms with Crippen LogP contribution in [0.5, 0.6) is 0 Å². The van der Waals surface area contributed by atoms with E-state index in [4.69, 9.17) is 11.6 Å². The predicted octanol–water partition coefficient (Wildman–Crippen LogP) is 4.15. The summed E-state index contributed by atoms with van der Waals surface area (Å²) in [6.45, 7) is 4.32. The number of aliphatic hydroxyl groups is 1. The highest BCUT2D eigenvalue weighted by Gasteiger charge is 2.27. The molecule has 3 nitrogen and oxygen atoms in total. The summed E-state index contributed by atoms with van der Waals surface area (Å²) in [5.41, 5.74) is 1.92. The van der Waals surface area contributed by atoms with Crippen LogP contribution in [0.4, 0.5) is 0 Å². The zero-order chi connectivity index (χ0) is 15.4. The zero-order valence-corrected chi connectivity index (χ0v) is 14.4.